The number of hydrogen-bond donors (Lipinski definition) is 1. The van der Waals surface area contributed by atoms with Crippen LogP contribution in [0.25, 0.3) is 0 Å². The fourth-order valence-electron chi connectivity index (χ4n) is 1.18. The van der Waals surface area contributed by atoms with Gasteiger partial charge in [0, 0.05) is 23.5 Å². The number of amides is 1. The maximum atomic E-state index is 11.9. The van der Waals surface area contributed by atoms with E-state index in [-0.39, 0.29) is 11.2 Å². The molecule has 0 aliphatic rings. The number of nitrogens with one attached hydrogen (secondary N) is 1. The Morgan fingerprint density at radius 1 is 1.39 bits per heavy atom. The van der Waals surface area contributed by atoms with E-state index in [0.717, 1.165) is 4.88 Å². The lowest BCUT2D eigenvalue weighted by molar-refractivity contribution is -0.115. The number of anilines is 1. The second-order valence-corrected chi connectivity index (χ2v) is 6.10. The van der Waals surface area contributed by atoms with E-state index in [2.05, 4.69) is 20.3 Å². The highest BCUT2D eigenvalue weighted by atomic mass is 32.2. The van der Waals surface area contributed by atoms with Crippen molar-refractivity contribution in [3.05, 3.63) is 29.5 Å². The first-order valence-corrected chi connectivity index (χ1v) is 7.02. The number of thiazole rings is 1. The van der Waals surface area contributed by atoms with Gasteiger partial charge >= 0.3 is 0 Å². The standard InChI is InChI=1S/C11H12N4OS2/c1-7-6-14-11(17-7)15-9(16)8(2)18-10-12-4-3-5-13-10/h3-6,8H,1-2H3,(H,14,15,16)/t8-/m0/s1. The third kappa shape index (κ3) is 3.51. The summed E-state index contributed by atoms with van der Waals surface area (Å²) in [6, 6.07) is 1.74. The lowest BCUT2D eigenvalue weighted by Crippen LogP contribution is -2.22. The van der Waals surface area contributed by atoms with Gasteiger partial charge in [-0.3, -0.25) is 4.79 Å². The van der Waals surface area contributed by atoms with Crippen LogP contribution >= 0.6 is 23.1 Å². The van der Waals surface area contributed by atoms with E-state index >= 15 is 0 Å². The first-order valence-electron chi connectivity index (χ1n) is 5.32. The molecule has 94 valence electrons. The second kappa shape index (κ2) is 5.92. The van der Waals surface area contributed by atoms with Crippen LogP contribution in [0.4, 0.5) is 5.13 Å². The Morgan fingerprint density at radius 2 is 2.11 bits per heavy atom. The summed E-state index contributed by atoms with van der Waals surface area (Å²) >= 11 is 2.78. The smallest absolute Gasteiger partial charge is 0.239 e. The highest BCUT2D eigenvalue weighted by Gasteiger charge is 2.16. The molecule has 0 bridgehead atoms. The van der Waals surface area contributed by atoms with Crippen LogP contribution in [0.5, 0.6) is 0 Å². The molecule has 1 N–H and O–H groups in total. The van der Waals surface area contributed by atoms with Gasteiger partial charge in [-0.1, -0.05) is 11.8 Å². The van der Waals surface area contributed by atoms with E-state index < -0.39 is 0 Å². The quantitative estimate of drug-likeness (QED) is 0.688. The molecule has 7 heteroatoms. The molecule has 2 aromatic rings. The molecule has 0 unspecified atom stereocenters. The summed E-state index contributed by atoms with van der Waals surface area (Å²) in [7, 11) is 0. The van der Waals surface area contributed by atoms with Crippen LogP contribution in [0, 0.1) is 6.92 Å². The van der Waals surface area contributed by atoms with Gasteiger partial charge in [0.25, 0.3) is 0 Å². The molecular formula is C11H12N4OS2. The molecule has 0 aliphatic carbocycles. The Morgan fingerprint density at radius 3 is 2.72 bits per heavy atom. The van der Waals surface area contributed by atoms with Crippen molar-refractivity contribution < 1.29 is 4.79 Å². The van der Waals surface area contributed by atoms with Crippen molar-refractivity contribution in [2.24, 2.45) is 0 Å². The normalized spacial score (nSPS) is 12.1. The van der Waals surface area contributed by atoms with E-state index in [1.807, 2.05) is 13.8 Å². The summed E-state index contributed by atoms with van der Waals surface area (Å²) in [5.41, 5.74) is 0. The third-order valence-electron chi connectivity index (χ3n) is 2.04. The molecule has 0 saturated heterocycles. The Bertz CT molecular complexity index is 529. The highest BCUT2D eigenvalue weighted by Crippen LogP contribution is 2.21. The first kappa shape index (κ1) is 13.0. The van der Waals surface area contributed by atoms with Gasteiger partial charge in [0.1, 0.15) is 0 Å². The van der Waals surface area contributed by atoms with Gasteiger partial charge in [-0.05, 0) is 19.9 Å². The number of aromatic nitrogens is 3. The van der Waals surface area contributed by atoms with E-state index in [0.29, 0.717) is 10.3 Å². The van der Waals surface area contributed by atoms with Crippen molar-refractivity contribution in [2.75, 3.05) is 5.32 Å². The Kier molecular flexibility index (Phi) is 4.27. The number of carbonyl (C=O) groups is 1. The zero-order valence-electron chi connectivity index (χ0n) is 9.95. The van der Waals surface area contributed by atoms with Crippen molar-refractivity contribution in [3.8, 4) is 0 Å². The van der Waals surface area contributed by atoms with E-state index in [1.165, 1.54) is 23.1 Å². The molecule has 0 aromatic carbocycles. The predicted molar refractivity (Wildman–Crippen MR) is 72.8 cm³/mol. The number of hydrogen-bond acceptors (Lipinski definition) is 6. The summed E-state index contributed by atoms with van der Waals surface area (Å²) in [6.45, 7) is 3.76. The van der Waals surface area contributed by atoms with E-state index in [1.54, 1.807) is 24.7 Å². The van der Waals surface area contributed by atoms with Crippen LogP contribution in [0.15, 0.2) is 29.8 Å². The zero-order chi connectivity index (χ0) is 13.0. The lowest BCUT2D eigenvalue weighted by Gasteiger charge is -2.08. The Balaban J connectivity index is 1.93. The van der Waals surface area contributed by atoms with Crippen LogP contribution in [0.3, 0.4) is 0 Å². The van der Waals surface area contributed by atoms with E-state index in [4.69, 9.17) is 0 Å². The summed E-state index contributed by atoms with van der Waals surface area (Å²) in [5, 5.41) is 3.72. The molecule has 0 radical (unpaired) electrons. The molecule has 18 heavy (non-hydrogen) atoms. The topological polar surface area (TPSA) is 67.8 Å². The number of thioether (sulfide) groups is 1. The minimum atomic E-state index is -0.267. The van der Waals surface area contributed by atoms with Crippen LogP contribution < -0.4 is 5.32 Å². The van der Waals surface area contributed by atoms with Crippen LogP contribution in [0.1, 0.15) is 11.8 Å². The molecular weight excluding hydrogens is 268 g/mol. The maximum absolute atomic E-state index is 11.9. The molecule has 0 fully saturated rings. The lowest BCUT2D eigenvalue weighted by atomic mass is 10.4. The van der Waals surface area contributed by atoms with Crippen molar-refractivity contribution in [2.45, 2.75) is 24.3 Å². The van der Waals surface area contributed by atoms with Gasteiger partial charge in [-0.25, -0.2) is 15.0 Å². The van der Waals surface area contributed by atoms with E-state index in [9.17, 15) is 4.79 Å². The van der Waals surface area contributed by atoms with Gasteiger partial charge < -0.3 is 5.32 Å². The molecule has 1 amide bonds. The molecule has 2 aromatic heterocycles. The van der Waals surface area contributed by atoms with Crippen molar-refractivity contribution in [3.63, 3.8) is 0 Å². The van der Waals surface area contributed by atoms with Gasteiger partial charge in [-0.15, -0.1) is 11.3 Å². The Labute approximate surface area is 113 Å². The second-order valence-electron chi connectivity index (χ2n) is 3.56. The van der Waals surface area contributed by atoms with Crippen molar-refractivity contribution in [1.82, 2.24) is 15.0 Å². The SMILES string of the molecule is Cc1cnc(NC(=O)[C@H](C)Sc2ncccn2)s1. The largest absolute Gasteiger partial charge is 0.301 e. The van der Waals surface area contributed by atoms with Crippen LogP contribution in [0.2, 0.25) is 0 Å². The minimum Gasteiger partial charge on any atom is -0.301 e. The molecule has 0 spiro atoms. The summed E-state index contributed by atoms with van der Waals surface area (Å²) in [5.74, 6) is -0.0956. The minimum absolute atomic E-state index is 0.0956. The number of carbonyl (C=O) groups excluding carboxylic acids is 1. The number of aryl methyl sites for hydroxylation is 1. The maximum Gasteiger partial charge on any atom is 0.239 e. The number of nitrogens with zero attached hydrogens (tertiary/aromatic N) is 3. The van der Waals surface area contributed by atoms with Crippen LogP contribution in [-0.4, -0.2) is 26.1 Å². The first-order chi connectivity index (χ1) is 8.65. The monoisotopic (exact) mass is 280 g/mol. The summed E-state index contributed by atoms with van der Waals surface area (Å²) < 4.78 is 0. The highest BCUT2D eigenvalue weighted by molar-refractivity contribution is 8.00. The van der Waals surface area contributed by atoms with Crippen LogP contribution in [-0.2, 0) is 4.79 Å². The fourth-order valence-corrected chi connectivity index (χ4v) is 2.57. The van der Waals surface area contributed by atoms with Gasteiger partial charge in [0.05, 0.1) is 5.25 Å². The average molecular weight is 280 g/mol. The molecule has 2 heterocycles. The molecule has 1 atom stereocenters. The summed E-state index contributed by atoms with van der Waals surface area (Å²) in [6.07, 6.45) is 5.05. The van der Waals surface area contributed by atoms with Gasteiger partial charge in [0.15, 0.2) is 10.3 Å². The summed E-state index contributed by atoms with van der Waals surface area (Å²) in [4.78, 5) is 25.2. The van der Waals surface area contributed by atoms with Gasteiger partial charge in [0.2, 0.25) is 5.91 Å². The molecule has 0 saturated carbocycles. The molecule has 0 aliphatic heterocycles. The molecule has 5 nitrogen and oxygen atoms in total. The Hall–Kier alpha value is -1.47. The fraction of sp³-hybridized carbons (Fsp3) is 0.273. The molecule has 2 rings (SSSR count). The number of rotatable bonds is 4. The zero-order valence-corrected chi connectivity index (χ0v) is 11.6. The van der Waals surface area contributed by atoms with Gasteiger partial charge in [-0.2, -0.15) is 0 Å². The van der Waals surface area contributed by atoms with Crippen molar-refractivity contribution >= 4 is 34.1 Å². The third-order valence-corrected chi connectivity index (χ3v) is 3.86. The van der Waals surface area contributed by atoms with Crippen molar-refractivity contribution in [1.29, 1.82) is 0 Å². The predicted octanol–water partition coefficient (Wildman–Crippen LogP) is 2.36. The average Bonchev–Trinajstić information content (AvgIpc) is 2.76.